The van der Waals surface area contributed by atoms with Gasteiger partial charge in [-0.15, -0.1) is 11.3 Å². The molecule has 0 fully saturated rings. The normalized spacial score (nSPS) is 12.0. The Morgan fingerprint density at radius 3 is 2.13 bits per heavy atom. The van der Waals surface area contributed by atoms with E-state index in [1.807, 2.05) is 11.3 Å². The third kappa shape index (κ3) is 2.11. The first-order valence-corrected chi connectivity index (χ1v) is 11.0. The molecular weight excluding hydrogens is 382 g/mol. The summed E-state index contributed by atoms with van der Waals surface area (Å²) in [5.41, 5.74) is 4.96. The first-order valence-electron chi connectivity index (χ1n) is 10.2. The molecule has 1 nitrogen and oxygen atoms in total. The fraction of sp³-hybridized carbons (Fsp3) is 0. The lowest BCUT2D eigenvalue weighted by Crippen LogP contribution is -1.79. The number of aromatic amines is 1. The molecule has 7 aromatic rings. The summed E-state index contributed by atoms with van der Waals surface area (Å²) in [6.45, 7) is 0. The van der Waals surface area contributed by atoms with Crippen LogP contribution >= 0.6 is 11.3 Å². The van der Waals surface area contributed by atoms with Gasteiger partial charge in [0.1, 0.15) is 0 Å². The molecule has 0 aliphatic carbocycles. The lowest BCUT2D eigenvalue weighted by molar-refractivity contribution is 1.57. The second-order valence-corrected chi connectivity index (χ2v) is 8.90. The highest BCUT2D eigenvalue weighted by atomic mass is 32.1. The van der Waals surface area contributed by atoms with Crippen molar-refractivity contribution < 1.29 is 0 Å². The average Bonchev–Trinajstić information content (AvgIpc) is 3.38. The van der Waals surface area contributed by atoms with Gasteiger partial charge in [-0.3, -0.25) is 0 Å². The fourth-order valence-electron chi connectivity index (χ4n) is 4.85. The van der Waals surface area contributed by atoms with Crippen LogP contribution in [0.4, 0.5) is 0 Å². The Morgan fingerprint density at radius 2 is 1.27 bits per heavy atom. The van der Waals surface area contributed by atoms with Gasteiger partial charge in [0, 0.05) is 47.2 Å². The van der Waals surface area contributed by atoms with Gasteiger partial charge in [0.25, 0.3) is 0 Å². The highest BCUT2D eigenvalue weighted by Crippen LogP contribution is 2.46. The van der Waals surface area contributed by atoms with Gasteiger partial charge in [0.2, 0.25) is 0 Å². The Bertz CT molecular complexity index is 1740. The van der Waals surface area contributed by atoms with Crippen LogP contribution in [0.25, 0.3) is 63.9 Å². The molecule has 0 saturated carbocycles. The Balaban J connectivity index is 1.75. The molecule has 1 N–H and O–H groups in total. The first-order chi connectivity index (χ1) is 14.9. The Morgan fingerprint density at radius 1 is 0.533 bits per heavy atom. The number of benzene rings is 5. The van der Waals surface area contributed by atoms with Gasteiger partial charge >= 0.3 is 0 Å². The average molecular weight is 400 g/mol. The summed E-state index contributed by atoms with van der Waals surface area (Å²) >= 11 is 1.91. The van der Waals surface area contributed by atoms with E-state index >= 15 is 0 Å². The van der Waals surface area contributed by atoms with Crippen molar-refractivity contribution in [3.63, 3.8) is 0 Å². The summed E-state index contributed by atoms with van der Waals surface area (Å²) in [6.07, 6.45) is 0. The van der Waals surface area contributed by atoms with Crippen molar-refractivity contribution in [1.82, 2.24) is 4.98 Å². The molecule has 7 rings (SSSR count). The lowest BCUT2D eigenvalue weighted by Gasteiger charge is -2.05. The van der Waals surface area contributed by atoms with Crippen LogP contribution in [-0.2, 0) is 0 Å². The molecule has 2 heterocycles. The Hall–Kier alpha value is -3.62. The third-order valence-electron chi connectivity index (χ3n) is 6.19. The minimum atomic E-state index is 1.20. The quantitative estimate of drug-likeness (QED) is 0.285. The number of hydrogen-bond acceptors (Lipinski definition) is 1. The summed E-state index contributed by atoms with van der Waals surface area (Å²) in [5.74, 6) is 0. The van der Waals surface area contributed by atoms with Crippen LogP contribution in [0.2, 0.25) is 0 Å². The Kier molecular flexibility index (Phi) is 3.21. The minimum absolute atomic E-state index is 1.20. The lowest BCUT2D eigenvalue weighted by atomic mass is 9.98. The maximum atomic E-state index is 3.72. The molecule has 0 atom stereocenters. The van der Waals surface area contributed by atoms with E-state index in [4.69, 9.17) is 0 Å². The van der Waals surface area contributed by atoms with Gasteiger partial charge in [-0.25, -0.2) is 0 Å². The number of thiophene rings is 1. The zero-order valence-electron chi connectivity index (χ0n) is 16.1. The number of hydrogen-bond donors (Lipinski definition) is 1. The summed E-state index contributed by atoms with van der Waals surface area (Å²) in [7, 11) is 0. The van der Waals surface area contributed by atoms with Crippen LogP contribution in [0.1, 0.15) is 0 Å². The minimum Gasteiger partial charge on any atom is -0.354 e. The van der Waals surface area contributed by atoms with E-state index in [0.29, 0.717) is 0 Å². The molecular formula is C28H17NS. The molecule has 0 radical (unpaired) electrons. The zero-order chi connectivity index (χ0) is 19.7. The SMILES string of the molecule is c1ccc(-c2ccc3sc4c5ccccc5c5[nH]c6ccccc6c5c4c3c2)cc1. The van der Waals surface area contributed by atoms with Gasteiger partial charge in [-0.2, -0.15) is 0 Å². The Labute approximate surface area is 177 Å². The maximum absolute atomic E-state index is 3.72. The fourth-order valence-corrected chi connectivity index (χ4v) is 6.08. The van der Waals surface area contributed by atoms with Crippen LogP contribution in [0.15, 0.2) is 97.1 Å². The topological polar surface area (TPSA) is 15.8 Å². The number of nitrogens with one attached hydrogen (secondary N) is 1. The van der Waals surface area contributed by atoms with Crippen LogP contribution < -0.4 is 0 Å². The summed E-state index contributed by atoms with van der Waals surface area (Å²) in [6, 6.07) is 35.0. The van der Waals surface area contributed by atoms with Gasteiger partial charge < -0.3 is 4.98 Å². The smallest absolute Gasteiger partial charge is 0.0551 e. The predicted molar refractivity (Wildman–Crippen MR) is 132 cm³/mol. The molecule has 0 unspecified atom stereocenters. The molecule has 30 heavy (non-hydrogen) atoms. The van der Waals surface area contributed by atoms with Crippen LogP contribution in [0, 0.1) is 0 Å². The van der Waals surface area contributed by atoms with E-state index in [2.05, 4.69) is 102 Å². The zero-order valence-corrected chi connectivity index (χ0v) is 17.0. The van der Waals surface area contributed by atoms with Gasteiger partial charge in [-0.1, -0.05) is 78.9 Å². The van der Waals surface area contributed by atoms with E-state index in [1.54, 1.807) is 0 Å². The van der Waals surface area contributed by atoms with Gasteiger partial charge in [0.05, 0.1) is 5.52 Å². The number of aromatic nitrogens is 1. The molecule has 0 saturated heterocycles. The van der Waals surface area contributed by atoms with Crippen LogP contribution in [-0.4, -0.2) is 4.98 Å². The molecule has 2 aromatic heterocycles. The van der Waals surface area contributed by atoms with E-state index in [-0.39, 0.29) is 0 Å². The van der Waals surface area contributed by atoms with E-state index in [9.17, 15) is 0 Å². The predicted octanol–water partition coefficient (Wildman–Crippen LogP) is 8.51. The van der Waals surface area contributed by atoms with Crippen molar-refractivity contribution in [1.29, 1.82) is 0 Å². The standard InChI is InChI=1S/C28H17NS/c1-2-8-17(9-3-1)18-14-15-24-22(16-18)26-25-21-12-6-7-13-23(21)29-27(25)19-10-4-5-11-20(19)28(26)30-24/h1-16,29H. The second-order valence-electron chi connectivity index (χ2n) is 7.85. The maximum Gasteiger partial charge on any atom is 0.0551 e. The van der Waals surface area contributed by atoms with E-state index < -0.39 is 0 Å². The van der Waals surface area contributed by atoms with Crippen molar-refractivity contribution in [2.75, 3.05) is 0 Å². The number of para-hydroxylation sites is 1. The van der Waals surface area contributed by atoms with Gasteiger partial charge in [0.15, 0.2) is 0 Å². The first kappa shape index (κ1) is 16.2. The van der Waals surface area contributed by atoms with Crippen LogP contribution in [0.3, 0.4) is 0 Å². The molecule has 0 aliphatic heterocycles. The van der Waals surface area contributed by atoms with Crippen molar-refractivity contribution in [3.8, 4) is 11.1 Å². The van der Waals surface area contributed by atoms with Crippen molar-refractivity contribution >= 4 is 64.1 Å². The number of fused-ring (bicyclic) bond motifs is 10. The van der Waals surface area contributed by atoms with Crippen LogP contribution in [0.5, 0.6) is 0 Å². The highest BCUT2D eigenvalue weighted by Gasteiger charge is 2.18. The molecule has 0 aliphatic rings. The van der Waals surface area contributed by atoms with Gasteiger partial charge in [-0.05, 0) is 29.3 Å². The molecule has 0 bridgehead atoms. The molecule has 2 heteroatoms. The van der Waals surface area contributed by atoms with E-state index in [0.717, 1.165) is 0 Å². The second kappa shape index (κ2) is 5.94. The molecule has 0 amide bonds. The molecule has 0 spiro atoms. The monoisotopic (exact) mass is 399 g/mol. The summed E-state index contributed by atoms with van der Waals surface area (Å²) in [5, 5.41) is 7.99. The van der Waals surface area contributed by atoms with Crippen molar-refractivity contribution in [2.24, 2.45) is 0 Å². The molecule has 140 valence electrons. The number of rotatable bonds is 1. The van der Waals surface area contributed by atoms with Crippen molar-refractivity contribution in [2.45, 2.75) is 0 Å². The van der Waals surface area contributed by atoms with Crippen molar-refractivity contribution in [3.05, 3.63) is 97.1 Å². The highest BCUT2D eigenvalue weighted by molar-refractivity contribution is 7.27. The summed E-state index contributed by atoms with van der Waals surface area (Å²) in [4.78, 5) is 3.72. The number of H-pyrrole nitrogens is 1. The summed E-state index contributed by atoms with van der Waals surface area (Å²) < 4.78 is 2.72. The van der Waals surface area contributed by atoms with E-state index in [1.165, 1.54) is 63.9 Å². The molecule has 5 aromatic carbocycles. The third-order valence-corrected chi connectivity index (χ3v) is 7.40. The largest absolute Gasteiger partial charge is 0.354 e.